The number of aromatic nitrogens is 1. The first kappa shape index (κ1) is 19.2. The number of aliphatic hydroxyl groups excluding tert-OH is 1. The van der Waals surface area contributed by atoms with E-state index >= 15 is 0 Å². The maximum atomic E-state index is 12.9. The molecule has 142 valence electrons. The Kier molecular flexibility index (Phi) is 6.06. The number of hydrogen-bond acceptors (Lipinski definition) is 7. The van der Waals surface area contributed by atoms with Gasteiger partial charge in [0.15, 0.2) is 0 Å². The highest BCUT2D eigenvalue weighted by Gasteiger charge is 2.48. The lowest BCUT2D eigenvalue weighted by atomic mass is 10.0. The van der Waals surface area contributed by atoms with Gasteiger partial charge in [0.25, 0.3) is 0 Å². The molecule has 1 N–H and O–H groups in total. The second-order valence-electron chi connectivity index (χ2n) is 4.72. The number of alkyl halides is 3. The fourth-order valence-corrected chi connectivity index (χ4v) is 2.91. The molecule has 1 aromatic heterocycles. The van der Waals surface area contributed by atoms with Crippen LogP contribution in [0.25, 0.3) is 0 Å². The lowest BCUT2D eigenvalue weighted by molar-refractivity contribution is -0.141. The Bertz CT molecular complexity index is 786. The molecule has 0 spiro atoms. The number of aliphatic hydroxyl groups is 1. The second-order valence-corrected chi connectivity index (χ2v) is 6.53. The first-order chi connectivity index (χ1) is 11.9. The summed E-state index contributed by atoms with van der Waals surface area (Å²) >= 11 is 0. The van der Waals surface area contributed by atoms with Crippen molar-refractivity contribution in [3.05, 3.63) is 23.0 Å². The molecule has 1 rings (SSSR count). The largest absolute Gasteiger partial charge is 0.517 e. The van der Waals surface area contributed by atoms with Crippen molar-refractivity contribution in [3.8, 4) is 0 Å². The summed E-state index contributed by atoms with van der Waals surface area (Å²) in [5, 5.41) is 9.51. The van der Waals surface area contributed by atoms with E-state index in [1.54, 1.807) is 0 Å². The van der Waals surface area contributed by atoms with E-state index in [9.17, 15) is 36.3 Å². The van der Waals surface area contributed by atoms with E-state index < -0.39 is 46.2 Å². The maximum Gasteiger partial charge on any atom is 0.517 e. The molecule has 8 nitrogen and oxygen atoms in total. The van der Waals surface area contributed by atoms with Crippen LogP contribution >= 0.6 is 0 Å². The summed E-state index contributed by atoms with van der Waals surface area (Å²) < 4.78 is 77.9. The van der Waals surface area contributed by atoms with Crippen molar-refractivity contribution in [3.63, 3.8) is 0 Å². The molecular weight excluding hydrogens is 371 g/mol. The maximum absolute atomic E-state index is 12.9. The normalized spacial score (nSPS) is 13.9. The fraction of sp³-hybridized carbons (Fsp3) is 0.538. The summed E-state index contributed by atoms with van der Waals surface area (Å²) in [6.07, 6.45) is -0.775. The zero-order valence-corrected chi connectivity index (χ0v) is 14.0. The molecular formula is C13H16F3NO7S. The molecule has 0 aliphatic heterocycles. The number of carbonyl (C=O) groups is 2. The third kappa shape index (κ3) is 4.51. The first-order valence-corrected chi connectivity index (χ1v) is 8.09. The molecule has 1 heterocycles. The van der Waals surface area contributed by atoms with Gasteiger partial charge in [0.2, 0.25) is 0 Å². The van der Waals surface area contributed by atoms with Crippen LogP contribution in [0.5, 0.6) is 0 Å². The van der Waals surface area contributed by atoms with Crippen molar-refractivity contribution in [1.82, 2.24) is 3.97 Å². The molecule has 1 atom stereocenters. The summed E-state index contributed by atoms with van der Waals surface area (Å²) in [4.78, 5) is 22.8. The average molecular weight is 388 g/mol. The molecule has 0 fully saturated rings. The molecule has 0 aliphatic rings. The van der Waals surface area contributed by atoms with Crippen molar-refractivity contribution >= 4 is 22.0 Å². The number of ether oxygens (including phenoxy) is 2. The minimum absolute atomic E-state index is 0.144. The van der Waals surface area contributed by atoms with Gasteiger partial charge in [-0.3, -0.25) is 9.59 Å². The molecule has 1 aromatic rings. The van der Waals surface area contributed by atoms with Crippen molar-refractivity contribution < 1.29 is 47.1 Å². The highest BCUT2D eigenvalue weighted by Crippen LogP contribution is 2.30. The van der Waals surface area contributed by atoms with E-state index in [-0.39, 0.29) is 27.9 Å². The van der Waals surface area contributed by atoms with Gasteiger partial charge in [-0.1, -0.05) is 0 Å². The zero-order chi connectivity index (χ0) is 20.3. The van der Waals surface area contributed by atoms with Crippen LogP contribution in [0.2, 0.25) is 0 Å². The van der Waals surface area contributed by atoms with Crippen LogP contribution in [0.15, 0.2) is 6.20 Å². The predicted octanol–water partition coefficient (Wildman–Crippen LogP) is 0.499. The molecule has 0 amide bonds. The highest BCUT2D eigenvalue weighted by molar-refractivity contribution is 7.90. The monoisotopic (exact) mass is 388 g/mol. The van der Waals surface area contributed by atoms with Gasteiger partial charge >= 0.3 is 27.5 Å². The quantitative estimate of drug-likeness (QED) is 0.677. The van der Waals surface area contributed by atoms with Crippen LogP contribution in [0, 0.1) is 0 Å². The lowest BCUT2D eigenvalue weighted by Gasteiger charge is -2.12. The topological polar surface area (TPSA) is 112 Å². The Balaban J connectivity index is 3.61. The molecule has 12 heteroatoms. The van der Waals surface area contributed by atoms with Crippen molar-refractivity contribution in [2.75, 3.05) is 14.2 Å². The van der Waals surface area contributed by atoms with Crippen LogP contribution in [0.4, 0.5) is 13.2 Å². The van der Waals surface area contributed by atoms with Crippen molar-refractivity contribution in [1.29, 1.82) is 0 Å². The van der Waals surface area contributed by atoms with Gasteiger partial charge in [0.05, 0.1) is 34.3 Å². The molecule has 0 unspecified atom stereocenters. The zero-order valence-electron chi connectivity index (χ0n) is 14.2. The Morgan fingerprint density at radius 3 is 2.28 bits per heavy atom. The van der Waals surface area contributed by atoms with E-state index in [0.717, 1.165) is 14.2 Å². The first-order valence-electron chi connectivity index (χ1n) is 7.23. The number of hydrogen-bond donors (Lipinski definition) is 1. The number of nitrogens with zero attached hydrogens (tertiary/aromatic N) is 1. The molecule has 0 aromatic carbocycles. The summed E-state index contributed by atoms with van der Waals surface area (Å²) in [6, 6.07) is 0. The minimum atomic E-state index is -5.97. The molecule has 0 bridgehead atoms. The second kappa shape index (κ2) is 7.87. The number of methoxy groups -OCH3 is 2. The molecule has 0 radical (unpaired) electrons. The van der Waals surface area contributed by atoms with Gasteiger partial charge in [0, 0.05) is 12.6 Å². The van der Waals surface area contributed by atoms with Crippen LogP contribution in [0.3, 0.4) is 0 Å². The standard InChI is InChI=1S/C13H16F3NO7S/c1-23-11(19)4-3-8-6-17(25(21,22)13(14,15)16)10(7-18)9(8)5-12(20)24-2/h6,18H,3-5,7H2,1-2H3/i7D/t7-/m1/s1. The average Bonchev–Trinajstić information content (AvgIpc) is 2.90. The van der Waals surface area contributed by atoms with E-state index in [0.29, 0.717) is 6.20 Å². The molecule has 0 aliphatic carbocycles. The Morgan fingerprint density at radius 2 is 1.84 bits per heavy atom. The van der Waals surface area contributed by atoms with E-state index in [2.05, 4.69) is 9.47 Å². The SMILES string of the molecule is [2H][C@@H](O)c1c(CC(=O)OC)c(CCC(=O)OC)cn1S(=O)(=O)C(F)(F)F. The van der Waals surface area contributed by atoms with Crippen LogP contribution in [-0.4, -0.2) is 49.2 Å². The summed E-state index contributed by atoms with van der Waals surface area (Å²) in [5.41, 5.74) is -7.14. The smallest absolute Gasteiger partial charge is 0.469 e. The Hall–Kier alpha value is -2.08. The Morgan fingerprint density at radius 1 is 1.28 bits per heavy atom. The summed E-state index contributed by atoms with van der Waals surface area (Å²) in [6.45, 7) is -2.39. The van der Waals surface area contributed by atoms with Crippen LogP contribution in [0.1, 0.15) is 24.6 Å². The minimum Gasteiger partial charge on any atom is -0.469 e. The van der Waals surface area contributed by atoms with Crippen molar-refractivity contribution in [2.24, 2.45) is 0 Å². The number of rotatable bonds is 7. The lowest BCUT2D eigenvalue weighted by Crippen LogP contribution is -2.30. The fourth-order valence-electron chi connectivity index (χ4n) is 2.01. The van der Waals surface area contributed by atoms with Gasteiger partial charge in [-0.2, -0.15) is 21.6 Å². The Labute approximate surface area is 142 Å². The van der Waals surface area contributed by atoms with Gasteiger partial charge in [-0.25, -0.2) is 3.97 Å². The molecule has 0 saturated heterocycles. The van der Waals surface area contributed by atoms with Gasteiger partial charge in [-0.15, -0.1) is 0 Å². The number of halogens is 3. The highest BCUT2D eigenvalue weighted by atomic mass is 32.2. The van der Waals surface area contributed by atoms with Crippen LogP contribution < -0.4 is 0 Å². The number of aryl methyl sites for hydroxylation is 1. The van der Waals surface area contributed by atoms with Gasteiger partial charge < -0.3 is 14.6 Å². The summed E-state index contributed by atoms with van der Waals surface area (Å²) in [7, 11) is -3.90. The van der Waals surface area contributed by atoms with E-state index in [4.69, 9.17) is 1.37 Å². The molecule has 25 heavy (non-hydrogen) atoms. The van der Waals surface area contributed by atoms with Crippen molar-refractivity contribution in [2.45, 2.75) is 31.4 Å². The third-order valence-electron chi connectivity index (χ3n) is 3.26. The predicted molar refractivity (Wildman–Crippen MR) is 76.8 cm³/mol. The van der Waals surface area contributed by atoms with E-state index in [1.165, 1.54) is 0 Å². The summed E-state index contributed by atoms with van der Waals surface area (Å²) in [5.74, 6) is -1.67. The number of esters is 2. The van der Waals surface area contributed by atoms with Gasteiger partial charge in [-0.05, 0) is 17.5 Å². The number of carbonyl (C=O) groups excluding carboxylic acids is 2. The van der Waals surface area contributed by atoms with E-state index in [1.807, 2.05) is 0 Å². The van der Waals surface area contributed by atoms with Crippen LogP contribution in [-0.2, 0) is 48.5 Å². The third-order valence-corrected chi connectivity index (χ3v) is 4.66. The van der Waals surface area contributed by atoms with Gasteiger partial charge in [0.1, 0.15) is 0 Å². The molecule has 0 saturated carbocycles.